The molecule has 0 fully saturated rings. The fraction of sp³-hybridized carbons (Fsp3) is 0.0118. The van der Waals surface area contributed by atoms with Gasteiger partial charge in [0.2, 0.25) is 0 Å². The number of anilines is 11. The summed E-state index contributed by atoms with van der Waals surface area (Å²) in [7, 11) is 0. The highest BCUT2D eigenvalue weighted by Gasteiger charge is 2.18. The van der Waals surface area contributed by atoms with Crippen LogP contribution in [0, 0.1) is 0 Å². The van der Waals surface area contributed by atoms with Gasteiger partial charge in [-0.05, 0) is 202 Å². The minimum absolute atomic E-state index is 1.07. The fourth-order valence-electron chi connectivity index (χ4n) is 11.7. The van der Waals surface area contributed by atoms with Crippen LogP contribution in [0.25, 0.3) is 50.1 Å². The Labute approximate surface area is 524 Å². The molecule has 0 aliphatic carbocycles. The second-order valence-corrected chi connectivity index (χ2v) is 21.9. The number of hydrogen-bond donors (Lipinski definition) is 0. The van der Waals surface area contributed by atoms with E-state index in [1.807, 2.05) is 12.1 Å². The second-order valence-electron chi connectivity index (χ2n) is 21.9. The first kappa shape index (κ1) is 56.4. The van der Waals surface area contributed by atoms with Gasteiger partial charge in [-0.25, -0.2) is 0 Å². The zero-order valence-electron chi connectivity index (χ0n) is 49.7. The third-order valence-electron chi connectivity index (χ3n) is 16.2. The molecule has 426 valence electrons. The minimum Gasteiger partial charge on any atom is -0.315 e. The molecule has 4 nitrogen and oxygen atoms in total. The number of benzene rings is 13. The molecule has 4 heteroatoms. The zero-order chi connectivity index (χ0) is 60.1. The van der Waals surface area contributed by atoms with Crippen LogP contribution in [0.1, 0.15) is 12.5 Å². The third kappa shape index (κ3) is 12.8. The van der Waals surface area contributed by atoms with Crippen LogP contribution in [0.15, 0.2) is 382 Å². The molecule has 0 atom stereocenters. The van der Waals surface area contributed by atoms with Crippen LogP contribution >= 0.6 is 0 Å². The Morgan fingerprint density at radius 1 is 0.225 bits per heavy atom. The van der Waals surface area contributed by atoms with Crippen molar-refractivity contribution in [2.24, 2.45) is 0 Å². The van der Waals surface area contributed by atoms with Gasteiger partial charge in [0.15, 0.2) is 0 Å². The maximum Gasteiger partial charge on any atom is 0.0462 e. The van der Waals surface area contributed by atoms with Gasteiger partial charge >= 0.3 is 0 Å². The van der Waals surface area contributed by atoms with Gasteiger partial charge in [-0.1, -0.05) is 237 Å². The molecule has 0 radical (unpaired) electrons. The molecule has 0 aromatic heterocycles. The summed E-state index contributed by atoms with van der Waals surface area (Å²) in [5.74, 6) is 0. The molecule has 13 rings (SSSR count). The second kappa shape index (κ2) is 26.7. The Hall–Kier alpha value is -11.7. The van der Waals surface area contributed by atoms with E-state index in [4.69, 9.17) is 0 Å². The topological polar surface area (TPSA) is 13.0 Å². The lowest BCUT2D eigenvalue weighted by atomic mass is 10.0. The van der Waals surface area contributed by atoms with E-state index in [1.165, 1.54) is 11.1 Å². The summed E-state index contributed by atoms with van der Waals surface area (Å²) in [6, 6.07) is 125. The van der Waals surface area contributed by atoms with Crippen molar-refractivity contribution in [3.05, 3.63) is 388 Å². The highest BCUT2D eigenvalue weighted by Crippen LogP contribution is 2.42. The molecule has 0 spiro atoms. The number of allylic oxidation sites excluding steroid dienone is 5. The van der Waals surface area contributed by atoms with Gasteiger partial charge in [-0.2, -0.15) is 0 Å². The molecule has 0 saturated heterocycles. The first-order chi connectivity index (χ1) is 44.0. The molecule has 13 aromatic rings. The quantitative estimate of drug-likeness (QED) is 0.0748. The van der Waals surface area contributed by atoms with Crippen LogP contribution in [0.3, 0.4) is 0 Å². The Kier molecular flexibility index (Phi) is 16.9. The number of nitrogens with zero attached hydrogens (tertiary/aromatic N) is 4. The normalized spacial score (nSPS) is 11.4. The molecule has 89 heavy (non-hydrogen) atoms. The standard InChI is InChI=1S/C85H66N4/c1-3-65(66-22-10-4-11-23-66)35-34-64(2)86(75-26-14-6-15-27-75)79-50-36-69(37-51-79)70-40-54-82(55-41-70)88(77-30-18-8-19-31-77)83-58-44-73(45-59-83)74-48-62-85(63-49-74)89(78-32-20-9-21-33-78)84-60-46-72(47-61-84)71-42-56-81(57-43-71)87(76-28-16-7-17-29-76)80-52-38-68(39-53-80)67-24-12-5-13-25-67/h3-63H,1H2,2H3/b64-34+,65-35+. The van der Waals surface area contributed by atoms with Gasteiger partial charge in [0.25, 0.3) is 0 Å². The van der Waals surface area contributed by atoms with Crippen LogP contribution in [0.2, 0.25) is 0 Å². The van der Waals surface area contributed by atoms with Gasteiger partial charge in [-0.15, -0.1) is 0 Å². The number of rotatable bonds is 19. The molecule has 0 aliphatic rings. The first-order valence-corrected chi connectivity index (χ1v) is 30.3. The van der Waals surface area contributed by atoms with E-state index in [9.17, 15) is 0 Å². The average Bonchev–Trinajstić information content (AvgIpc) is 1.89. The van der Waals surface area contributed by atoms with Crippen molar-refractivity contribution in [1.82, 2.24) is 0 Å². The molecule has 0 N–H and O–H groups in total. The van der Waals surface area contributed by atoms with E-state index >= 15 is 0 Å². The summed E-state index contributed by atoms with van der Waals surface area (Å²) in [4.78, 5) is 9.25. The SMILES string of the molecule is C=C/C(=C\C=C(/C)N(c1ccccc1)c1ccc(-c2ccc(N(c3ccccc3)c3ccc(-c4ccc(N(c5ccccc5)c5ccc(-c6ccc(N(c7ccccc7)c7ccc(-c8ccccc8)cc7)cc6)cc5)cc4)cc3)cc2)cc1)c1ccccc1. The molecule has 13 aromatic carbocycles. The molecule has 0 amide bonds. The molecule has 0 bridgehead atoms. The van der Waals surface area contributed by atoms with Crippen molar-refractivity contribution in [3.63, 3.8) is 0 Å². The van der Waals surface area contributed by atoms with Gasteiger partial charge in [0.05, 0.1) is 0 Å². The summed E-state index contributed by atoms with van der Waals surface area (Å²) in [6.45, 7) is 6.25. The van der Waals surface area contributed by atoms with Crippen molar-refractivity contribution in [3.8, 4) is 44.5 Å². The molecule has 0 aliphatic heterocycles. The highest BCUT2D eigenvalue weighted by molar-refractivity contribution is 5.85. The van der Waals surface area contributed by atoms with Crippen LogP contribution in [0.5, 0.6) is 0 Å². The third-order valence-corrected chi connectivity index (χ3v) is 16.2. The minimum atomic E-state index is 1.07. The van der Waals surface area contributed by atoms with Crippen molar-refractivity contribution in [2.45, 2.75) is 6.92 Å². The van der Waals surface area contributed by atoms with Crippen molar-refractivity contribution < 1.29 is 0 Å². The Bertz CT molecular complexity index is 4460. The Morgan fingerprint density at radius 2 is 0.427 bits per heavy atom. The maximum atomic E-state index is 4.10. The monoisotopic (exact) mass is 1140 g/mol. The lowest BCUT2D eigenvalue weighted by molar-refractivity contribution is 1.16. The molecule has 0 unspecified atom stereocenters. The number of hydrogen-bond acceptors (Lipinski definition) is 4. The molecular weight excluding hydrogens is 1080 g/mol. The summed E-state index contributed by atoms with van der Waals surface area (Å²) >= 11 is 0. The van der Waals surface area contributed by atoms with Crippen molar-refractivity contribution >= 4 is 68.1 Å². The average molecular weight is 1140 g/mol. The fourth-order valence-corrected chi connectivity index (χ4v) is 11.7. The summed E-state index contributed by atoms with van der Waals surface area (Å²) in [6.07, 6.45) is 6.23. The van der Waals surface area contributed by atoms with E-state index < -0.39 is 0 Å². The number of para-hydroxylation sites is 4. The smallest absolute Gasteiger partial charge is 0.0462 e. The van der Waals surface area contributed by atoms with E-state index in [-0.39, 0.29) is 0 Å². The van der Waals surface area contributed by atoms with Crippen LogP contribution < -0.4 is 19.6 Å². The largest absolute Gasteiger partial charge is 0.315 e. The van der Waals surface area contributed by atoms with Gasteiger partial charge in [-0.3, -0.25) is 0 Å². The maximum absolute atomic E-state index is 4.10. The lowest BCUT2D eigenvalue weighted by Crippen LogP contribution is -2.14. The zero-order valence-corrected chi connectivity index (χ0v) is 49.7. The van der Waals surface area contributed by atoms with Crippen LogP contribution in [-0.2, 0) is 0 Å². The van der Waals surface area contributed by atoms with E-state index in [1.54, 1.807) is 0 Å². The van der Waals surface area contributed by atoms with Crippen LogP contribution in [-0.4, -0.2) is 0 Å². The summed E-state index contributed by atoms with van der Waals surface area (Å²) in [5, 5.41) is 0. The van der Waals surface area contributed by atoms with E-state index in [2.05, 4.69) is 391 Å². The van der Waals surface area contributed by atoms with Crippen molar-refractivity contribution in [2.75, 3.05) is 19.6 Å². The lowest BCUT2D eigenvalue weighted by Gasteiger charge is -2.27. The van der Waals surface area contributed by atoms with Gasteiger partial charge in [0.1, 0.15) is 0 Å². The predicted octanol–water partition coefficient (Wildman–Crippen LogP) is 24.1. The Morgan fingerprint density at radius 3 is 0.697 bits per heavy atom. The molecular formula is C85H66N4. The van der Waals surface area contributed by atoms with E-state index in [0.29, 0.717) is 0 Å². The molecule has 0 heterocycles. The van der Waals surface area contributed by atoms with Gasteiger partial charge < -0.3 is 19.6 Å². The Balaban J connectivity index is 0.718. The summed E-state index contributed by atoms with van der Waals surface area (Å²) < 4.78 is 0. The van der Waals surface area contributed by atoms with Crippen molar-refractivity contribution in [1.29, 1.82) is 0 Å². The molecule has 0 saturated carbocycles. The summed E-state index contributed by atoms with van der Waals surface area (Å²) in [5.41, 5.74) is 24.5. The highest BCUT2D eigenvalue weighted by atomic mass is 15.2. The van der Waals surface area contributed by atoms with Crippen LogP contribution in [0.4, 0.5) is 62.6 Å². The first-order valence-electron chi connectivity index (χ1n) is 30.3. The van der Waals surface area contributed by atoms with Gasteiger partial charge in [0, 0.05) is 68.3 Å². The van der Waals surface area contributed by atoms with E-state index in [0.717, 1.165) is 113 Å². The predicted molar refractivity (Wildman–Crippen MR) is 379 cm³/mol.